The normalized spacial score (nSPS) is 22.4. The Morgan fingerprint density at radius 2 is 2.43 bits per heavy atom. The number of hydrogen-bond donors (Lipinski definition) is 0. The summed E-state index contributed by atoms with van der Waals surface area (Å²) in [7, 11) is 0. The van der Waals surface area contributed by atoms with Crippen molar-refractivity contribution in [3.8, 4) is 0 Å². The van der Waals surface area contributed by atoms with Gasteiger partial charge in [0.05, 0.1) is 6.61 Å². The first-order valence-corrected chi connectivity index (χ1v) is 4.68. The third-order valence-electron chi connectivity index (χ3n) is 2.21. The minimum absolute atomic E-state index is 0.228. The summed E-state index contributed by atoms with van der Waals surface area (Å²) in [5.41, 5.74) is 0.900. The van der Waals surface area contributed by atoms with E-state index >= 15 is 0 Å². The second-order valence-electron chi connectivity index (χ2n) is 3.41. The molecule has 1 aromatic rings. The molecular weight excluding hydrogens is 180 g/mol. The van der Waals surface area contributed by atoms with Crippen molar-refractivity contribution < 1.29 is 9.53 Å². The number of ketones is 1. The number of aromatic nitrogens is 2. The van der Waals surface area contributed by atoms with Gasteiger partial charge in [-0.1, -0.05) is 0 Å². The molecule has 0 N–H and O–H groups in total. The molecule has 0 radical (unpaired) electrons. The second kappa shape index (κ2) is 3.84. The molecule has 2 heterocycles. The van der Waals surface area contributed by atoms with Crippen LogP contribution in [0.25, 0.3) is 0 Å². The van der Waals surface area contributed by atoms with Crippen LogP contribution in [0.15, 0.2) is 12.3 Å². The zero-order valence-electron chi connectivity index (χ0n) is 8.06. The molecule has 1 aromatic heterocycles. The Bertz CT molecular complexity index is 352. The Labute approximate surface area is 82.3 Å². The lowest BCUT2D eigenvalue weighted by Crippen LogP contribution is -2.21. The Kier molecular flexibility index (Phi) is 2.54. The maximum Gasteiger partial charge on any atom is 0.157 e. The Balaban J connectivity index is 2.17. The molecule has 1 saturated heterocycles. The zero-order chi connectivity index (χ0) is 9.97. The molecule has 0 bridgehead atoms. The Morgan fingerprint density at radius 1 is 1.57 bits per heavy atom. The van der Waals surface area contributed by atoms with E-state index in [0.29, 0.717) is 25.3 Å². The fourth-order valence-electron chi connectivity index (χ4n) is 1.47. The first-order chi connectivity index (χ1) is 6.75. The average molecular weight is 192 g/mol. The molecule has 1 atom stereocenters. The summed E-state index contributed by atoms with van der Waals surface area (Å²) < 4.78 is 5.44. The number of Topliss-reactive ketones (excluding diaryl/α,β-unsaturated/α-hetero) is 1. The number of rotatable bonds is 1. The molecule has 0 amide bonds. The van der Waals surface area contributed by atoms with Crippen LogP contribution >= 0.6 is 0 Å². The van der Waals surface area contributed by atoms with Gasteiger partial charge in [-0.2, -0.15) is 0 Å². The minimum atomic E-state index is -0.240. The smallest absolute Gasteiger partial charge is 0.157 e. The number of carbonyl (C=O) groups excluding carboxylic acids is 1. The van der Waals surface area contributed by atoms with Crippen LogP contribution in [-0.4, -0.2) is 22.4 Å². The Morgan fingerprint density at radius 3 is 3.14 bits per heavy atom. The lowest BCUT2D eigenvalue weighted by molar-refractivity contribution is -0.129. The van der Waals surface area contributed by atoms with Gasteiger partial charge >= 0.3 is 0 Å². The summed E-state index contributed by atoms with van der Waals surface area (Å²) >= 11 is 0. The van der Waals surface area contributed by atoms with Crippen molar-refractivity contribution in [2.75, 3.05) is 6.61 Å². The van der Waals surface area contributed by atoms with Crippen molar-refractivity contribution >= 4 is 5.78 Å². The summed E-state index contributed by atoms with van der Waals surface area (Å²) in [5.74, 6) is 0.851. The summed E-state index contributed by atoms with van der Waals surface area (Å²) in [4.78, 5) is 19.5. The fraction of sp³-hybridized carbons (Fsp3) is 0.500. The first kappa shape index (κ1) is 9.27. The van der Waals surface area contributed by atoms with E-state index < -0.39 is 0 Å². The number of aryl methyl sites for hydroxylation is 1. The topological polar surface area (TPSA) is 52.1 Å². The molecule has 74 valence electrons. The van der Waals surface area contributed by atoms with Gasteiger partial charge in [-0.3, -0.25) is 4.79 Å². The third kappa shape index (κ3) is 1.96. The molecule has 2 rings (SSSR count). The van der Waals surface area contributed by atoms with Gasteiger partial charge in [-0.15, -0.1) is 0 Å². The van der Waals surface area contributed by atoms with Gasteiger partial charge in [0.25, 0.3) is 0 Å². The van der Waals surface area contributed by atoms with Crippen molar-refractivity contribution in [1.82, 2.24) is 9.97 Å². The number of hydrogen-bond acceptors (Lipinski definition) is 4. The molecule has 1 unspecified atom stereocenters. The third-order valence-corrected chi connectivity index (χ3v) is 2.21. The lowest BCUT2D eigenvalue weighted by Gasteiger charge is -2.20. The van der Waals surface area contributed by atoms with Crippen molar-refractivity contribution in [3.63, 3.8) is 0 Å². The van der Waals surface area contributed by atoms with E-state index in [1.54, 1.807) is 6.20 Å². The van der Waals surface area contributed by atoms with Gasteiger partial charge in [0.2, 0.25) is 0 Å². The maximum atomic E-state index is 11.2. The van der Waals surface area contributed by atoms with Gasteiger partial charge in [-0.25, -0.2) is 9.97 Å². The molecular formula is C10H12N2O2. The predicted octanol–water partition coefficient (Wildman–Crippen LogP) is 1.21. The van der Waals surface area contributed by atoms with E-state index in [1.165, 1.54) is 0 Å². The van der Waals surface area contributed by atoms with Crippen LogP contribution in [0.1, 0.15) is 30.5 Å². The van der Waals surface area contributed by atoms with E-state index in [-0.39, 0.29) is 11.9 Å². The number of nitrogens with zero attached hydrogens (tertiary/aromatic N) is 2. The summed E-state index contributed by atoms with van der Waals surface area (Å²) in [6, 6.07) is 1.83. The Hall–Kier alpha value is -1.29. The summed E-state index contributed by atoms with van der Waals surface area (Å²) in [6.45, 7) is 2.39. The molecule has 0 aliphatic carbocycles. The van der Waals surface area contributed by atoms with Crippen LogP contribution in [0.2, 0.25) is 0 Å². The maximum absolute atomic E-state index is 11.2. The minimum Gasteiger partial charge on any atom is -0.369 e. The summed E-state index contributed by atoms with van der Waals surface area (Å²) in [6.07, 6.45) is 2.38. The quantitative estimate of drug-likeness (QED) is 0.671. The monoisotopic (exact) mass is 192 g/mol. The van der Waals surface area contributed by atoms with Crippen LogP contribution < -0.4 is 0 Å². The van der Waals surface area contributed by atoms with Crippen LogP contribution in [0.3, 0.4) is 0 Å². The second-order valence-corrected chi connectivity index (χ2v) is 3.41. The van der Waals surface area contributed by atoms with E-state index in [0.717, 1.165) is 5.69 Å². The fourth-order valence-corrected chi connectivity index (χ4v) is 1.47. The number of carbonyl (C=O) groups is 1. The van der Waals surface area contributed by atoms with E-state index in [9.17, 15) is 4.79 Å². The lowest BCUT2D eigenvalue weighted by atomic mass is 10.1. The van der Waals surface area contributed by atoms with Crippen molar-refractivity contribution in [3.05, 3.63) is 23.8 Å². The highest BCUT2D eigenvalue weighted by Crippen LogP contribution is 2.22. The molecule has 1 aliphatic rings. The van der Waals surface area contributed by atoms with E-state index in [4.69, 9.17) is 4.74 Å². The van der Waals surface area contributed by atoms with Crippen LogP contribution in [0, 0.1) is 6.92 Å². The SMILES string of the molecule is Cc1ccnc(C2CC(=O)CCO2)n1. The van der Waals surface area contributed by atoms with Crippen molar-refractivity contribution in [1.29, 1.82) is 0 Å². The molecule has 0 aromatic carbocycles. The van der Waals surface area contributed by atoms with Crippen LogP contribution in [0.5, 0.6) is 0 Å². The number of ether oxygens (including phenoxy) is 1. The molecule has 1 fully saturated rings. The van der Waals surface area contributed by atoms with Gasteiger partial charge < -0.3 is 4.74 Å². The molecule has 1 aliphatic heterocycles. The molecule has 14 heavy (non-hydrogen) atoms. The van der Waals surface area contributed by atoms with Gasteiger partial charge in [0.15, 0.2) is 5.82 Å². The zero-order valence-corrected chi connectivity index (χ0v) is 8.06. The van der Waals surface area contributed by atoms with Crippen LogP contribution in [0.4, 0.5) is 0 Å². The van der Waals surface area contributed by atoms with Crippen molar-refractivity contribution in [2.24, 2.45) is 0 Å². The van der Waals surface area contributed by atoms with Gasteiger partial charge in [-0.05, 0) is 13.0 Å². The highest BCUT2D eigenvalue weighted by molar-refractivity contribution is 5.79. The van der Waals surface area contributed by atoms with Gasteiger partial charge in [0.1, 0.15) is 11.9 Å². The highest BCUT2D eigenvalue weighted by atomic mass is 16.5. The molecule has 4 nitrogen and oxygen atoms in total. The van der Waals surface area contributed by atoms with Crippen molar-refractivity contribution in [2.45, 2.75) is 25.9 Å². The predicted molar refractivity (Wildman–Crippen MR) is 49.7 cm³/mol. The van der Waals surface area contributed by atoms with Gasteiger partial charge in [0, 0.05) is 24.7 Å². The average Bonchev–Trinajstić information content (AvgIpc) is 2.18. The standard InChI is InChI=1S/C10H12N2O2/c1-7-2-4-11-10(12-7)9-6-8(13)3-5-14-9/h2,4,9H,3,5-6H2,1H3. The summed E-state index contributed by atoms with van der Waals surface area (Å²) in [5, 5.41) is 0. The molecule has 4 heteroatoms. The van der Waals surface area contributed by atoms with E-state index in [1.807, 2.05) is 13.0 Å². The van der Waals surface area contributed by atoms with E-state index in [2.05, 4.69) is 9.97 Å². The highest BCUT2D eigenvalue weighted by Gasteiger charge is 2.23. The largest absolute Gasteiger partial charge is 0.369 e. The van der Waals surface area contributed by atoms with Crippen LogP contribution in [-0.2, 0) is 9.53 Å². The molecule has 0 spiro atoms. The molecule has 0 saturated carbocycles. The first-order valence-electron chi connectivity index (χ1n) is 4.68.